The third-order valence-corrected chi connectivity index (χ3v) is 9.55. The van der Waals surface area contributed by atoms with Crippen LogP contribution in [-0.4, -0.2) is 54.0 Å². The lowest BCUT2D eigenvalue weighted by Crippen LogP contribution is -2.57. The van der Waals surface area contributed by atoms with Crippen LogP contribution in [0.5, 0.6) is 0 Å². The van der Waals surface area contributed by atoms with Gasteiger partial charge in [0.15, 0.2) is 5.79 Å². The van der Waals surface area contributed by atoms with Crippen LogP contribution in [0.2, 0.25) is 0 Å². The van der Waals surface area contributed by atoms with E-state index in [9.17, 15) is 19.5 Å². The Morgan fingerprint density at radius 2 is 1.44 bits per heavy atom. The van der Waals surface area contributed by atoms with Gasteiger partial charge in [0.05, 0.1) is 12.5 Å². The van der Waals surface area contributed by atoms with Gasteiger partial charge in [-0.25, -0.2) is 0 Å². The van der Waals surface area contributed by atoms with Crippen LogP contribution in [0.15, 0.2) is 12.2 Å². The zero-order chi connectivity index (χ0) is 33.1. The number of carboxylic acid groups (broad SMARTS) is 1. The second-order valence-electron chi connectivity index (χ2n) is 14.7. The molecule has 8 heteroatoms. The average molecular weight is 635 g/mol. The van der Waals surface area contributed by atoms with Gasteiger partial charge >= 0.3 is 5.97 Å². The summed E-state index contributed by atoms with van der Waals surface area (Å²) < 4.78 is 11.7. The molecule has 8 nitrogen and oxygen atoms in total. The predicted octanol–water partition coefficient (Wildman–Crippen LogP) is 8.08. The molecule has 0 radical (unpaired) electrons. The number of amides is 2. The van der Waals surface area contributed by atoms with Crippen molar-refractivity contribution in [2.24, 2.45) is 17.3 Å². The van der Waals surface area contributed by atoms with Gasteiger partial charge in [-0.1, -0.05) is 104 Å². The largest absolute Gasteiger partial charge is 0.481 e. The first-order valence-corrected chi connectivity index (χ1v) is 18.2. The fourth-order valence-corrected chi connectivity index (χ4v) is 6.68. The highest BCUT2D eigenvalue weighted by molar-refractivity contribution is 5.82. The van der Waals surface area contributed by atoms with E-state index >= 15 is 0 Å². The van der Waals surface area contributed by atoms with Gasteiger partial charge in [-0.3, -0.25) is 14.4 Å². The third kappa shape index (κ3) is 15.5. The van der Waals surface area contributed by atoms with E-state index in [0.717, 1.165) is 57.8 Å². The molecule has 2 fully saturated rings. The van der Waals surface area contributed by atoms with Crippen molar-refractivity contribution in [3.8, 4) is 0 Å². The molecule has 0 aromatic rings. The molecule has 1 saturated carbocycles. The molecular formula is C37H66N2O6. The normalized spacial score (nSPS) is 23.7. The molecule has 2 aliphatic rings. The number of carbonyl (C=O) groups excluding carboxylic acids is 2. The maximum absolute atomic E-state index is 13.2. The first-order valence-electron chi connectivity index (χ1n) is 18.2. The Balaban J connectivity index is 1.73. The Bertz CT molecular complexity index is 901. The smallest absolute Gasteiger partial charge is 0.308 e. The van der Waals surface area contributed by atoms with Gasteiger partial charge in [-0.05, 0) is 64.7 Å². The van der Waals surface area contributed by atoms with Crippen LogP contribution < -0.4 is 10.6 Å². The van der Waals surface area contributed by atoms with Crippen molar-refractivity contribution in [3.05, 3.63) is 12.2 Å². The second-order valence-corrected chi connectivity index (χ2v) is 14.7. The lowest BCUT2D eigenvalue weighted by atomic mass is 9.81. The quantitative estimate of drug-likeness (QED) is 0.0668. The zero-order valence-electron chi connectivity index (χ0n) is 29.3. The molecule has 4 atom stereocenters. The highest BCUT2D eigenvalue weighted by Gasteiger charge is 2.46. The van der Waals surface area contributed by atoms with E-state index in [1.54, 1.807) is 13.8 Å². The number of allylic oxidation sites excluding steroid dienone is 2. The number of carboxylic acids is 1. The van der Waals surface area contributed by atoms with Crippen LogP contribution in [0.1, 0.15) is 157 Å². The number of nitrogens with one attached hydrogen (secondary N) is 2. The van der Waals surface area contributed by atoms with Gasteiger partial charge in [-0.2, -0.15) is 0 Å². The summed E-state index contributed by atoms with van der Waals surface area (Å²) in [5.41, 5.74) is -0.541. The van der Waals surface area contributed by atoms with Crippen molar-refractivity contribution < 1.29 is 29.0 Å². The summed E-state index contributed by atoms with van der Waals surface area (Å²) in [5.74, 6) is -3.15. The molecule has 3 N–H and O–H groups in total. The Labute approximate surface area is 274 Å². The molecule has 4 unspecified atom stereocenters. The summed E-state index contributed by atoms with van der Waals surface area (Å²) in [6, 6.07) is -0.198. The first-order chi connectivity index (χ1) is 21.5. The molecule has 0 aromatic heterocycles. The van der Waals surface area contributed by atoms with E-state index in [0.29, 0.717) is 13.0 Å². The van der Waals surface area contributed by atoms with E-state index in [1.165, 1.54) is 57.8 Å². The molecule has 0 aromatic carbocycles. The van der Waals surface area contributed by atoms with Crippen LogP contribution in [-0.2, 0) is 23.9 Å². The van der Waals surface area contributed by atoms with Gasteiger partial charge in [0.25, 0.3) is 0 Å². The van der Waals surface area contributed by atoms with E-state index in [2.05, 4.69) is 29.7 Å². The van der Waals surface area contributed by atoms with E-state index in [-0.39, 0.29) is 30.3 Å². The summed E-state index contributed by atoms with van der Waals surface area (Å²) in [6.45, 7) is 10.0. The topological polar surface area (TPSA) is 114 Å². The minimum atomic E-state index is -0.939. The monoisotopic (exact) mass is 634 g/mol. The van der Waals surface area contributed by atoms with Crippen LogP contribution in [0.25, 0.3) is 0 Å². The van der Waals surface area contributed by atoms with Gasteiger partial charge in [0, 0.05) is 24.4 Å². The fourth-order valence-electron chi connectivity index (χ4n) is 6.68. The molecule has 260 valence electrons. The third-order valence-electron chi connectivity index (χ3n) is 9.55. The molecule has 2 rings (SSSR count). The number of rotatable bonds is 21. The average Bonchev–Trinajstić information content (AvgIpc) is 3.21. The zero-order valence-corrected chi connectivity index (χ0v) is 29.3. The Kier molecular flexibility index (Phi) is 18.4. The van der Waals surface area contributed by atoms with Gasteiger partial charge in [0.1, 0.15) is 6.10 Å². The van der Waals surface area contributed by atoms with E-state index in [4.69, 9.17) is 9.47 Å². The van der Waals surface area contributed by atoms with Gasteiger partial charge in [0.2, 0.25) is 11.8 Å². The van der Waals surface area contributed by atoms with E-state index < -0.39 is 29.2 Å². The summed E-state index contributed by atoms with van der Waals surface area (Å²) in [4.78, 5) is 38.6. The number of hydrogen-bond donors (Lipinski definition) is 3. The van der Waals surface area contributed by atoms with Crippen LogP contribution >= 0.6 is 0 Å². The van der Waals surface area contributed by atoms with E-state index in [1.807, 2.05) is 13.8 Å². The first kappa shape index (κ1) is 39.2. The lowest BCUT2D eigenvalue weighted by molar-refractivity contribution is -0.304. The van der Waals surface area contributed by atoms with Crippen molar-refractivity contribution in [3.63, 3.8) is 0 Å². The Hall–Kier alpha value is -1.93. The number of ether oxygens (including phenoxy) is 2. The minimum absolute atomic E-state index is 0.0106. The highest BCUT2D eigenvalue weighted by atomic mass is 16.7. The number of unbranched alkanes of at least 4 members (excludes halogenated alkanes) is 11. The molecule has 1 aliphatic heterocycles. The van der Waals surface area contributed by atoms with Crippen LogP contribution in [0, 0.1) is 17.3 Å². The molecule has 0 bridgehead atoms. The van der Waals surface area contributed by atoms with Crippen molar-refractivity contribution in [2.45, 2.75) is 175 Å². The molecule has 1 aliphatic carbocycles. The molecule has 2 amide bonds. The Morgan fingerprint density at radius 3 is 2.09 bits per heavy atom. The summed E-state index contributed by atoms with van der Waals surface area (Å²) in [6.07, 6.45) is 24.6. The Morgan fingerprint density at radius 1 is 0.844 bits per heavy atom. The molecule has 1 saturated heterocycles. The van der Waals surface area contributed by atoms with Crippen molar-refractivity contribution in [1.29, 1.82) is 0 Å². The SMILES string of the molecule is CCCCCCCCC=CCCCCCCCC(=O)NC1CCCCCC1C(CNC(=O)C1OC(C)(C)OCC1(C)C)C(=O)O. The van der Waals surface area contributed by atoms with Crippen LogP contribution in [0.4, 0.5) is 0 Å². The highest BCUT2D eigenvalue weighted by Crippen LogP contribution is 2.35. The summed E-state index contributed by atoms with van der Waals surface area (Å²) >= 11 is 0. The summed E-state index contributed by atoms with van der Waals surface area (Å²) in [7, 11) is 0. The fraction of sp³-hybridized carbons (Fsp3) is 0.865. The second kappa shape index (κ2) is 21.0. The van der Waals surface area contributed by atoms with Crippen molar-refractivity contribution in [1.82, 2.24) is 10.6 Å². The van der Waals surface area contributed by atoms with Gasteiger partial charge in [-0.15, -0.1) is 0 Å². The van der Waals surface area contributed by atoms with Crippen molar-refractivity contribution in [2.75, 3.05) is 13.2 Å². The number of aliphatic carboxylic acids is 1. The maximum Gasteiger partial charge on any atom is 0.308 e. The van der Waals surface area contributed by atoms with Gasteiger partial charge < -0.3 is 25.2 Å². The molecule has 1 heterocycles. The standard InChI is InChI=1S/C37H66N2O6/c1-6-7-8-9-10-11-12-13-14-15-16-17-18-19-23-26-32(40)39-31-25-22-20-21-24-29(31)30(35(42)43)27-38-34(41)33-36(2,3)28-44-37(4,5)45-33/h13-14,29-31,33H,6-12,15-28H2,1-5H3,(H,38,41)(H,39,40)(H,42,43). The molecular weight excluding hydrogens is 568 g/mol. The molecule has 0 spiro atoms. The summed E-state index contributed by atoms with van der Waals surface area (Å²) in [5, 5.41) is 16.3. The van der Waals surface area contributed by atoms with Crippen LogP contribution in [0.3, 0.4) is 0 Å². The number of carbonyl (C=O) groups is 3. The maximum atomic E-state index is 13.2. The minimum Gasteiger partial charge on any atom is -0.481 e. The predicted molar refractivity (Wildman–Crippen MR) is 181 cm³/mol. The lowest BCUT2D eigenvalue weighted by Gasteiger charge is -2.44. The van der Waals surface area contributed by atoms with Crippen molar-refractivity contribution >= 4 is 17.8 Å². The number of hydrogen-bond acceptors (Lipinski definition) is 5. The molecule has 45 heavy (non-hydrogen) atoms.